The van der Waals surface area contributed by atoms with Gasteiger partial charge in [0.2, 0.25) is 0 Å². The SMILES string of the molecule is OCCN(CCC(O)c1cccc(F)c1)CC1CC1. The third-order valence-corrected chi connectivity index (χ3v) is 3.58. The molecule has 4 heteroatoms. The van der Waals surface area contributed by atoms with Gasteiger partial charge in [0, 0.05) is 19.6 Å². The minimum Gasteiger partial charge on any atom is -0.395 e. The molecule has 0 bridgehead atoms. The number of benzene rings is 1. The first kappa shape index (κ1) is 14.4. The van der Waals surface area contributed by atoms with Crippen molar-refractivity contribution in [2.45, 2.75) is 25.4 Å². The molecule has 2 N–H and O–H groups in total. The van der Waals surface area contributed by atoms with Crippen LogP contribution < -0.4 is 0 Å². The highest BCUT2D eigenvalue weighted by atomic mass is 19.1. The van der Waals surface area contributed by atoms with Crippen molar-refractivity contribution in [1.82, 2.24) is 4.90 Å². The molecule has 2 rings (SSSR count). The van der Waals surface area contributed by atoms with Gasteiger partial charge in [0.15, 0.2) is 0 Å². The summed E-state index contributed by atoms with van der Waals surface area (Å²) in [6.07, 6.45) is 2.47. The molecule has 1 atom stereocenters. The van der Waals surface area contributed by atoms with Crippen LogP contribution in [0.15, 0.2) is 24.3 Å². The third-order valence-electron chi connectivity index (χ3n) is 3.58. The molecule has 0 spiro atoms. The van der Waals surface area contributed by atoms with Gasteiger partial charge >= 0.3 is 0 Å². The van der Waals surface area contributed by atoms with Crippen LogP contribution in [0.4, 0.5) is 4.39 Å². The molecule has 19 heavy (non-hydrogen) atoms. The van der Waals surface area contributed by atoms with E-state index in [1.807, 2.05) is 0 Å². The predicted octanol–water partition coefficient (Wildman–Crippen LogP) is 1.95. The summed E-state index contributed by atoms with van der Waals surface area (Å²) in [5.41, 5.74) is 0.621. The summed E-state index contributed by atoms with van der Waals surface area (Å²) in [6, 6.07) is 6.11. The molecule has 1 saturated carbocycles. The fraction of sp³-hybridized carbons (Fsp3) is 0.600. The predicted molar refractivity (Wildman–Crippen MR) is 72.2 cm³/mol. The topological polar surface area (TPSA) is 43.7 Å². The van der Waals surface area contributed by atoms with Gasteiger partial charge < -0.3 is 15.1 Å². The Morgan fingerprint density at radius 3 is 2.74 bits per heavy atom. The van der Waals surface area contributed by atoms with E-state index in [4.69, 9.17) is 5.11 Å². The van der Waals surface area contributed by atoms with E-state index >= 15 is 0 Å². The summed E-state index contributed by atoms with van der Waals surface area (Å²) >= 11 is 0. The maximum absolute atomic E-state index is 13.1. The van der Waals surface area contributed by atoms with E-state index in [2.05, 4.69) is 4.90 Å². The molecule has 0 aromatic heterocycles. The molecular formula is C15H22FNO2. The number of rotatable bonds is 8. The van der Waals surface area contributed by atoms with Crippen molar-refractivity contribution in [2.75, 3.05) is 26.2 Å². The third kappa shape index (κ3) is 4.90. The molecule has 1 fully saturated rings. The second-order valence-electron chi connectivity index (χ2n) is 5.33. The van der Waals surface area contributed by atoms with Gasteiger partial charge in [-0.25, -0.2) is 4.39 Å². The van der Waals surface area contributed by atoms with E-state index in [-0.39, 0.29) is 12.4 Å². The van der Waals surface area contributed by atoms with Crippen LogP contribution in [0.5, 0.6) is 0 Å². The summed E-state index contributed by atoms with van der Waals surface area (Å²) in [7, 11) is 0. The molecule has 0 amide bonds. The molecule has 0 radical (unpaired) electrons. The van der Waals surface area contributed by atoms with Gasteiger partial charge in [0.25, 0.3) is 0 Å². The van der Waals surface area contributed by atoms with Crippen LogP contribution in [0.2, 0.25) is 0 Å². The van der Waals surface area contributed by atoms with Gasteiger partial charge in [0.1, 0.15) is 5.82 Å². The largest absolute Gasteiger partial charge is 0.395 e. The Kier molecular flexibility index (Phi) is 5.31. The zero-order chi connectivity index (χ0) is 13.7. The quantitative estimate of drug-likeness (QED) is 0.756. The van der Waals surface area contributed by atoms with E-state index in [1.54, 1.807) is 12.1 Å². The maximum atomic E-state index is 13.1. The molecule has 0 heterocycles. The molecule has 0 saturated heterocycles. The lowest BCUT2D eigenvalue weighted by Crippen LogP contribution is -2.31. The van der Waals surface area contributed by atoms with Crippen LogP contribution in [0.1, 0.15) is 30.9 Å². The first-order valence-electron chi connectivity index (χ1n) is 6.96. The van der Waals surface area contributed by atoms with Crippen LogP contribution in [-0.2, 0) is 0 Å². The van der Waals surface area contributed by atoms with Crippen LogP contribution in [0, 0.1) is 11.7 Å². The zero-order valence-electron chi connectivity index (χ0n) is 11.1. The van der Waals surface area contributed by atoms with Crippen molar-refractivity contribution in [3.8, 4) is 0 Å². The Hall–Kier alpha value is -0.970. The minimum absolute atomic E-state index is 0.142. The van der Waals surface area contributed by atoms with E-state index in [0.29, 0.717) is 18.5 Å². The van der Waals surface area contributed by atoms with Crippen LogP contribution in [0.3, 0.4) is 0 Å². The Labute approximate surface area is 113 Å². The van der Waals surface area contributed by atoms with Crippen molar-refractivity contribution in [3.05, 3.63) is 35.6 Å². The lowest BCUT2D eigenvalue weighted by molar-refractivity contribution is 0.128. The summed E-state index contributed by atoms with van der Waals surface area (Å²) in [4.78, 5) is 2.18. The van der Waals surface area contributed by atoms with Crippen molar-refractivity contribution in [3.63, 3.8) is 0 Å². The van der Waals surface area contributed by atoms with E-state index in [9.17, 15) is 9.50 Å². The minimum atomic E-state index is -0.643. The standard InChI is InChI=1S/C15H22FNO2/c16-14-3-1-2-13(10-14)15(19)6-7-17(8-9-18)11-12-4-5-12/h1-3,10,12,15,18-19H,4-9,11H2. The van der Waals surface area contributed by atoms with Crippen molar-refractivity contribution >= 4 is 0 Å². The van der Waals surface area contributed by atoms with Gasteiger partial charge in [-0.05, 0) is 42.9 Å². The Morgan fingerprint density at radius 2 is 2.11 bits per heavy atom. The normalized spacial score (nSPS) is 16.8. The summed E-state index contributed by atoms with van der Waals surface area (Å²) in [5, 5.41) is 19.1. The Balaban J connectivity index is 1.81. The second-order valence-corrected chi connectivity index (χ2v) is 5.33. The number of nitrogens with zero attached hydrogens (tertiary/aromatic N) is 1. The van der Waals surface area contributed by atoms with Gasteiger partial charge in [0.05, 0.1) is 12.7 Å². The molecule has 1 aromatic carbocycles. The summed E-state index contributed by atoms with van der Waals surface area (Å²) in [5.74, 6) is 0.444. The highest BCUT2D eigenvalue weighted by Gasteiger charge is 2.24. The van der Waals surface area contributed by atoms with Gasteiger partial charge in [-0.1, -0.05) is 12.1 Å². The van der Waals surface area contributed by atoms with Crippen molar-refractivity contribution < 1.29 is 14.6 Å². The fourth-order valence-corrected chi connectivity index (χ4v) is 2.29. The zero-order valence-corrected chi connectivity index (χ0v) is 11.1. The molecule has 1 aliphatic carbocycles. The number of halogens is 1. The molecule has 3 nitrogen and oxygen atoms in total. The average Bonchev–Trinajstić information content (AvgIpc) is 3.20. The summed E-state index contributed by atoms with van der Waals surface area (Å²) < 4.78 is 13.1. The van der Waals surface area contributed by atoms with E-state index < -0.39 is 6.10 Å². The van der Waals surface area contributed by atoms with Crippen LogP contribution >= 0.6 is 0 Å². The smallest absolute Gasteiger partial charge is 0.123 e. The molecule has 1 unspecified atom stereocenters. The average molecular weight is 267 g/mol. The summed E-state index contributed by atoms with van der Waals surface area (Å²) in [6.45, 7) is 2.51. The van der Waals surface area contributed by atoms with Crippen molar-refractivity contribution in [2.24, 2.45) is 5.92 Å². The Bertz CT molecular complexity index is 395. The van der Waals surface area contributed by atoms with E-state index in [0.717, 1.165) is 19.0 Å². The highest BCUT2D eigenvalue weighted by molar-refractivity contribution is 5.18. The number of hydrogen-bond acceptors (Lipinski definition) is 3. The molecular weight excluding hydrogens is 245 g/mol. The highest BCUT2D eigenvalue weighted by Crippen LogP contribution is 2.30. The fourth-order valence-electron chi connectivity index (χ4n) is 2.29. The molecule has 1 aliphatic rings. The van der Waals surface area contributed by atoms with Gasteiger partial charge in [-0.3, -0.25) is 0 Å². The van der Waals surface area contributed by atoms with Crippen LogP contribution in [-0.4, -0.2) is 41.4 Å². The lowest BCUT2D eigenvalue weighted by Gasteiger charge is -2.22. The monoisotopic (exact) mass is 267 g/mol. The maximum Gasteiger partial charge on any atom is 0.123 e. The number of hydrogen-bond donors (Lipinski definition) is 2. The Morgan fingerprint density at radius 1 is 1.32 bits per heavy atom. The van der Waals surface area contributed by atoms with Crippen molar-refractivity contribution in [1.29, 1.82) is 0 Å². The van der Waals surface area contributed by atoms with Crippen LogP contribution in [0.25, 0.3) is 0 Å². The van der Waals surface area contributed by atoms with Gasteiger partial charge in [-0.15, -0.1) is 0 Å². The molecule has 1 aromatic rings. The lowest BCUT2D eigenvalue weighted by atomic mass is 10.1. The number of aliphatic hydroxyl groups is 2. The molecule has 106 valence electrons. The first-order valence-corrected chi connectivity index (χ1v) is 6.96. The van der Waals surface area contributed by atoms with Gasteiger partial charge in [-0.2, -0.15) is 0 Å². The first-order chi connectivity index (χ1) is 9.19. The second kappa shape index (κ2) is 6.98. The number of aliphatic hydroxyl groups excluding tert-OH is 2. The molecule has 0 aliphatic heterocycles. The van der Waals surface area contributed by atoms with E-state index in [1.165, 1.54) is 25.0 Å².